The average Bonchev–Trinajstić information content (AvgIpc) is 2.94. The molecule has 1 heterocycles. The Kier molecular flexibility index (Phi) is 4.38. The highest BCUT2D eigenvalue weighted by Crippen LogP contribution is 2.21. The van der Waals surface area contributed by atoms with Crippen LogP contribution in [0.2, 0.25) is 0 Å². The van der Waals surface area contributed by atoms with Gasteiger partial charge in [-0.2, -0.15) is 0 Å². The molecule has 0 aliphatic carbocycles. The summed E-state index contributed by atoms with van der Waals surface area (Å²) in [6.07, 6.45) is 3.42. The molecule has 0 radical (unpaired) electrons. The molecule has 1 fully saturated rings. The molecule has 1 amide bonds. The first kappa shape index (κ1) is 14.6. The van der Waals surface area contributed by atoms with Gasteiger partial charge in [-0.3, -0.25) is 4.79 Å². The fraction of sp³-hybridized carbons (Fsp3) is 0.250. The summed E-state index contributed by atoms with van der Waals surface area (Å²) < 4.78 is 0. The van der Waals surface area contributed by atoms with Crippen LogP contribution in [0.3, 0.4) is 0 Å². The van der Waals surface area contributed by atoms with E-state index in [1.165, 1.54) is 16.7 Å². The van der Waals surface area contributed by atoms with Crippen LogP contribution in [0.25, 0.3) is 11.1 Å². The number of rotatable bonds is 5. The topological polar surface area (TPSA) is 20.3 Å². The first-order valence-electron chi connectivity index (χ1n) is 7.81. The number of benzene rings is 2. The lowest BCUT2D eigenvalue weighted by Gasteiger charge is -2.16. The molecule has 2 aromatic carbocycles. The molecular weight excluding hydrogens is 270 g/mol. The molecular formula is C20H21NO. The van der Waals surface area contributed by atoms with Crippen molar-refractivity contribution in [2.24, 2.45) is 5.92 Å². The first-order valence-corrected chi connectivity index (χ1v) is 7.81. The van der Waals surface area contributed by atoms with Crippen LogP contribution in [0.5, 0.6) is 0 Å². The van der Waals surface area contributed by atoms with E-state index in [1.54, 1.807) is 0 Å². The van der Waals surface area contributed by atoms with Crippen molar-refractivity contribution in [2.75, 3.05) is 13.1 Å². The summed E-state index contributed by atoms with van der Waals surface area (Å²) in [6.45, 7) is 5.41. The molecule has 0 spiro atoms. The van der Waals surface area contributed by atoms with E-state index in [0.29, 0.717) is 12.3 Å². The Labute approximate surface area is 132 Å². The predicted octanol–water partition coefficient (Wildman–Crippen LogP) is 3.93. The molecule has 22 heavy (non-hydrogen) atoms. The highest BCUT2D eigenvalue weighted by Gasteiger charge is 2.26. The quantitative estimate of drug-likeness (QED) is 0.764. The zero-order valence-corrected chi connectivity index (χ0v) is 12.7. The van der Waals surface area contributed by atoms with Gasteiger partial charge < -0.3 is 4.90 Å². The lowest BCUT2D eigenvalue weighted by Crippen LogP contribution is -2.27. The van der Waals surface area contributed by atoms with Crippen LogP contribution in [-0.4, -0.2) is 23.9 Å². The van der Waals surface area contributed by atoms with Crippen LogP contribution in [0.1, 0.15) is 12.0 Å². The third kappa shape index (κ3) is 3.28. The summed E-state index contributed by atoms with van der Waals surface area (Å²) in [5.74, 6) is 0.582. The second-order valence-corrected chi connectivity index (χ2v) is 5.85. The van der Waals surface area contributed by atoms with Crippen molar-refractivity contribution >= 4 is 5.91 Å². The summed E-state index contributed by atoms with van der Waals surface area (Å²) >= 11 is 0. The van der Waals surface area contributed by atoms with Crippen molar-refractivity contribution in [1.29, 1.82) is 0 Å². The van der Waals surface area contributed by atoms with Crippen molar-refractivity contribution in [3.05, 3.63) is 72.8 Å². The standard InChI is InChI=1S/C20H21NO/c1-2-16-14-20(22)21(15-16)13-12-17-8-10-19(11-9-17)18-6-4-3-5-7-18/h2-11,16H,1,12-15H2. The maximum absolute atomic E-state index is 11.9. The van der Waals surface area contributed by atoms with Crippen LogP contribution >= 0.6 is 0 Å². The highest BCUT2D eigenvalue weighted by atomic mass is 16.2. The van der Waals surface area contributed by atoms with E-state index < -0.39 is 0 Å². The highest BCUT2D eigenvalue weighted by molar-refractivity contribution is 5.79. The van der Waals surface area contributed by atoms with Gasteiger partial charge in [-0.1, -0.05) is 60.7 Å². The van der Waals surface area contributed by atoms with Crippen LogP contribution in [-0.2, 0) is 11.2 Å². The average molecular weight is 291 g/mol. The zero-order chi connectivity index (χ0) is 15.4. The molecule has 1 aliphatic heterocycles. The molecule has 1 unspecified atom stereocenters. The van der Waals surface area contributed by atoms with Crippen LogP contribution < -0.4 is 0 Å². The van der Waals surface area contributed by atoms with E-state index in [9.17, 15) is 4.79 Å². The fourth-order valence-corrected chi connectivity index (χ4v) is 2.94. The summed E-state index contributed by atoms with van der Waals surface area (Å²) in [4.78, 5) is 13.8. The lowest BCUT2D eigenvalue weighted by atomic mass is 10.0. The number of hydrogen-bond acceptors (Lipinski definition) is 1. The van der Waals surface area contributed by atoms with Crippen molar-refractivity contribution < 1.29 is 4.79 Å². The molecule has 1 atom stereocenters. The van der Waals surface area contributed by atoms with Gasteiger partial charge in [0.05, 0.1) is 0 Å². The van der Waals surface area contributed by atoms with Gasteiger partial charge in [-0.05, 0) is 23.1 Å². The molecule has 3 rings (SSSR count). The summed E-state index contributed by atoms with van der Waals surface area (Å²) in [6, 6.07) is 19.0. The van der Waals surface area contributed by atoms with E-state index in [-0.39, 0.29) is 5.91 Å². The molecule has 2 heteroatoms. The number of carbonyl (C=O) groups excluding carboxylic acids is 1. The summed E-state index contributed by atoms with van der Waals surface area (Å²) in [7, 11) is 0. The maximum atomic E-state index is 11.9. The number of nitrogens with zero attached hydrogens (tertiary/aromatic N) is 1. The third-order valence-corrected chi connectivity index (χ3v) is 4.31. The van der Waals surface area contributed by atoms with Crippen molar-refractivity contribution in [2.45, 2.75) is 12.8 Å². The largest absolute Gasteiger partial charge is 0.342 e. The van der Waals surface area contributed by atoms with Gasteiger partial charge in [-0.15, -0.1) is 6.58 Å². The Morgan fingerprint density at radius 2 is 1.73 bits per heavy atom. The van der Waals surface area contributed by atoms with Crippen LogP contribution in [0.4, 0.5) is 0 Å². The van der Waals surface area contributed by atoms with Gasteiger partial charge in [0.25, 0.3) is 0 Å². The second-order valence-electron chi connectivity index (χ2n) is 5.85. The molecule has 0 aromatic heterocycles. The molecule has 1 aliphatic rings. The molecule has 2 aromatic rings. The molecule has 0 saturated carbocycles. The number of carbonyl (C=O) groups is 1. The van der Waals surface area contributed by atoms with Crippen LogP contribution in [0, 0.1) is 5.92 Å². The minimum absolute atomic E-state index is 0.255. The first-order chi connectivity index (χ1) is 10.8. The smallest absolute Gasteiger partial charge is 0.223 e. The van der Waals surface area contributed by atoms with Crippen molar-refractivity contribution in [3.8, 4) is 11.1 Å². The minimum atomic E-state index is 0.255. The Hall–Kier alpha value is -2.35. The van der Waals surface area contributed by atoms with Gasteiger partial charge >= 0.3 is 0 Å². The zero-order valence-electron chi connectivity index (χ0n) is 12.7. The van der Waals surface area contributed by atoms with Gasteiger partial charge in [0.1, 0.15) is 0 Å². The van der Waals surface area contributed by atoms with E-state index in [0.717, 1.165) is 19.5 Å². The van der Waals surface area contributed by atoms with Crippen molar-refractivity contribution in [1.82, 2.24) is 4.90 Å². The SMILES string of the molecule is C=CC1CC(=O)N(CCc2ccc(-c3ccccc3)cc2)C1. The third-order valence-electron chi connectivity index (χ3n) is 4.31. The Bertz CT molecular complexity index is 645. The van der Waals surface area contributed by atoms with Crippen molar-refractivity contribution in [3.63, 3.8) is 0 Å². The van der Waals surface area contributed by atoms with Gasteiger partial charge in [0.2, 0.25) is 5.91 Å². The van der Waals surface area contributed by atoms with Gasteiger partial charge in [0, 0.05) is 25.4 Å². The number of likely N-dealkylation sites (tertiary alicyclic amines) is 1. The van der Waals surface area contributed by atoms with E-state index >= 15 is 0 Å². The number of hydrogen-bond donors (Lipinski definition) is 0. The van der Waals surface area contributed by atoms with Crippen LogP contribution in [0.15, 0.2) is 67.3 Å². The minimum Gasteiger partial charge on any atom is -0.342 e. The summed E-state index contributed by atoms with van der Waals surface area (Å²) in [5, 5.41) is 0. The van der Waals surface area contributed by atoms with Gasteiger partial charge in [-0.25, -0.2) is 0 Å². The molecule has 0 N–H and O–H groups in total. The lowest BCUT2D eigenvalue weighted by molar-refractivity contribution is -0.127. The molecule has 0 bridgehead atoms. The molecule has 2 nitrogen and oxygen atoms in total. The predicted molar refractivity (Wildman–Crippen MR) is 90.5 cm³/mol. The normalized spacial score (nSPS) is 17.7. The Morgan fingerprint density at radius 1 is 1.05 bits per heavy atom. The van der Waals surface area contributed by atoms with E-state index in [4.69, 9.17) is 0 Å². The molecule has 112 valence electrons. The van der Waals surface area contributed by atoms with E-state index in [1.807, 2.05) is 17.0 Å². The Balaban J connectivity index is 1.60. The Morgan fingerprint density at radius 3 is 2.36 bits per heavy atom. The summed E-state index contributed by atoms with van der Waals surface area (Å²) in [5.41, 5.74) is 3.74. The molecule has 1 saturated heterocycles. The van der Waals surface area contributed by atoms with E-state index in [2.05, 4.69) is 55.1 Å². The number of amides is 1. The fourth-order valence-electron chi connectivity index (χ4n) is 2.94. The van der Waals surface area contributed by atoms with Gasteiger partial charge in [0.15, 0.2) is 0 Å². The second kappa shape index (κ2) is 6.61. The monoisotopic (exact) mass is 291 g/mol. The maximum Gasteiger partial charge on any atom is 0.223 e.